The van der Waals surface area contributed by atoms with Gasteiger partial charge in [0.25, 0.3) is 0 Å². The summed E-state index contributed by atoms with van der Waals surface area (Å²) >= 11 is 6.79. The molecule has 100 valence electrons. The summed E-state index contributed by atoms with van der Waals surface area (Å²) in [6.45, 7) is 5.62. The Bertz CT molecular complexity index is 563. The molecule has 1 heterocycles. The van der Waals surface area contributed by atoms with Gasteiger partial charge in [-0.15, -0.1) is 11.3 Å². The average Bonchev–Trinajstić information content (AvgIpc) is 2.86. The third-order valence-electron chi connectivity index (χ3n) is 2.69. The Labute approximate surface area is 123 Å². The van der Waals surface area contributed by atoms with Gasteiger partial charge in [-0.2, -0.15) is 0 Å². The third-order valence-corrected chi connectivity index (χ3v) is 3.91. The van der Waals surface area contributed by atoms with Gasteiger partial charge in [-0.05, 0) is 31.6 Å². The topological polar surface area (TPSA) is 37.0 Å². The van der Waals surface area contributed by atoms with Gasteiger partial charge in [0.2, 0.25) is 0 Å². The van der Waals surface area contributed by atoms with Crippen molar-refractivity contribution in [3.8, 4) is 10.6 Å². The van der Waals surface area contributed by atoms with Crippen LogP contribution in [0, 0.1) is 6.92 Å². The van der Waals surface area contributed by atoms with Crippen molar-refractivity contribution >= 4 is 28.7 Å². The van der Waals surface area contributed by atoms with Gasteiger partial charge in [0.05, 0.1) is 12.2 Å². The highest BCUT2D eigenvalue weighted by molar-refractivity contribution is 7.80. The van der Waals surface area contributed by atoms with Gasteiger partial charge in [-0.1, -0.05) is 24.3 Å². The number of benzene rings is 1. The van der Waals surface area contributed by atoms with Crippen molar-refractivity contribution in [2.75, 3.05) is 6.54 Å². The minimum atomic E-state index is 0.661. The van der Waals surface area contributed by atoms with E-state index in [4.69, 9.17) is 12.2 Å². The molecule has 0 aliphatic heterocycles. The molecule has 0 unspecified atom stereocenters. The number of rotatable bonds is 4. The van der Waals surface area contributed by atoms with Crippen molar-refractivity contribution in [2.45, 2.75) is 20.4 Å². The first-order valence-corrected chi connectivity index (χ1v) is 7.51. The predicted molar refractivity (Wildman–Crippen MR) is 85.4 cm³/mol. The van der Waals surface area contributed by atoms with E-state index < -0.39 is 0 Å². The van der Waals surface area contributed by atoms with Crippen LogP contribution in [0.4, 0.5) is 0 Å². The third kappa shape index (κ3) is 3.75. The van der Waals surface area contributed by atoms with Crippen molar-refractivity contribution in [1.29, 1.82) is 0 Å². The highest BCUT2D eigenvalue weighted by Gasteiger charge is 2.06. The van der Waals surface area contributed by atoms with Gasteiger partial charge in [-0.25, -0.2) is 4.98 Å². The molecule has 0 bridgehead atoms. The Kier molecular flexibility index (Phi) is 4.87. The molecule has 0 radical (unpaired) electrons. The fraction of sp³-hybridized carbons (Fsp3) is 0.286. The zero-order valence-corrected chi connectivity index (χ0v) is 12.7. The summed E-state index contributed by atoms with van der Waals surface area (Å²) in [5.74, 6) is 0. The highest BCUT2D eigenvalue weighted by Crippen LogP contribution is 2.26. The largest absolute Gasteiger partial charge is 0.363 e. The molecule has 19 heavy (non-hydrogen) atoms. The molecule has 0 aliphatic carbocycles. The zero-order valence-electron chi connectivity index (χ0n) is 11.1. The second kappa shape index (κ2) is 6.63. The van der Waals surface area contributed by atoms with E-state index in [1.54, 1.807) is 11.3 Å². The Morgan fingerprint density at radius 1 is 1.32 bits per heavy atom. The molecule has 1 aromatic heterocycles. The first kappa shape index (κ1) is 14.0. The lowest BCUT2D eigenvalue weighted by Crippen LogP contribution is -2.34. The molecule has 0 spiro atoms. The van der Waals surface area contributed by atoms with E-state index in [0.29, 0.717) is 11.7 Å². The van der Waals surface area contributed by atoms with Crippen LogP contribution in [0.25, 0.3) is 10.6 Å². The molecule has 5 heteroatoms. The highest BCUT2D eigenvalue weighted by atomic mass is 32.1. The Morgan fingerprint density at radius 3 is 2.84 bits per heavy atom. The van der Waals surface area contributed by atoms with Crippen LogP contribution in [0.3, 0.4) is 0 Å². The van der Waals surface area contributed by atoms with Crippen molar-refractivity contribution in [1.82, 2.24) is 15.6 Å². The summed E-state index contributed by atoms with van der Waals surface area (Å²) in [5.41, 5.74) is 3.47. The number of nitrogens with zero attached hydrogens (tertiary/aromatic N) is 1. The van der Waals surface area contributed by atoms with Gasteiger partial charge in [0, 0.05) is 17.5 Å². The van der Waals surface area contributed by atoms with E-state index in [1.165, 1.54) is 11.1 Å². The van der Waals surface area contributed by atoms with Crippen LogP contribution in [0.15, 0.2) is 29.6 Å². The maximum atomic E-state index is 5.13. The van der Waals surface area contributed by atoms with E-state index in [-0.39, 0.29) is 0 Å². The van der Waals surface area contributed by atoms with Gasteiger partial charge < -0.3 is 10.6 Å². The fourth-order valence-electron chi connectivity index (χ4n) is 1.72. The molecule has 2 N–H and O–H groups in total. The van der Waals surface area contributed by atoms with Crippen LogP contribution in [-0.4, -0.2) is 16.6 Å². The maximum absolute atomic E-state index is 5.13. The Morgan fingerprint density at radius 2 is 2.11 bits per heavy atom. The second-order valence-electron chi connectivity index (χ2n) is 4.17. The first-order valence-electron chi connectivity index (χ1n) is 6.22. The van der Waals surface area contributed by atoms with Crippen molar-refractivity contribution in [3.05, 3.63) is 40.9 Å². The lowest BCUT2D eigenvalue weighted by molar-refractivity contribution is 0.838. The van der Waals surface area contributed by atoms with E-state index in [2.05, 4.69) is 40.1 Å². The van der Waals surface area contributed by atoms with Crippen molar-refractivity contribution in [2.24, 2.45) is 0 Å². The second-order valence-corrected chi connectivity index (χ2v) is 5.44. The van der Waals surface area contributed by atoms with Crippen LogP contribution in [-0.2, 0) is 6.54 Å². The van der Waals surface area contributed by atoms with Crippen LogP contribution >= 0.6 is 23.6 Å². The number of hydrogen-bond donors (Lipinski definition) is 2. The average molecular weight is 291 g/mol. The fourth-order valence-corrected chi connectivity index (χ4v) is 2.84. The van der Waals surface area contributed by atoms with Crippen LogP contribution in [0.1, 0.15) is 18.2 Å². The lowest BCUT2D eigenvalue weighted by atomic mass is 10.1. The summed E-state index contributed by atoms with van der Waals surface area (Å²) in [4.78, 5) is 4.64. The monoisotopic (exact) mass is 291 g/mol. The molecular formula is C14H17N3S2. The number of thiazole rings is 1. The van der Waals surface area contributed by atoms with E-state index in [9.17, 15) is 0 Å². The standard InChI is InChI=1S/C14H17N3S2/c1-3-15-14(18)16-8-11-9-19-13(17-11)12-7-5-4-6-10(12)2/h4-7,9H,3,8H2,1-2H3,(H2,15,16,18). The number of nitrogens with one attached hydrogen (secondary N) is 2. The van der Waals surface area contributed by atoms with Crippen LogP contribution in [0.5, 0.6) is 0 Å². The molecule has 0 atom stereocenters. The van der Waals surface area contributed by atoms with Crippen molar-refractivity contribution < 1.29 is 0 Å². The number of hydrogen-bond acceptors (Lipinski definition) is 3. The van der Waals surface area contributed by atoms with E-state index in [0.717, 1.165) is 17.2 Å². The van der Waals surface area contributed by atoms with Gasteiger partial charge in [-0.3, -0.25) is 0 Å². The minimum Gasteiger partial charge on any atom is -0.363 e. The lowest BCUT2D eigenvalue weighted by Gasteiger charge is -2.06. The molecule has 0 fully saturated rings. The SMILES string of the molecule is CCNC(=S)NCc1csc(-c2ccccc2C)n1. The van der Waals surface area contributed by atoms with Crippen LogP contribution in [0.2, 0.25) is 0 Å². The molecule has 2 rings (SSSR count). The van der Waals surface area contributed by atoms with Crippen LogP contribution < -0.4 is 10.6 Å². The smallest absolute Gasteiger partial charge is 0.166 e. The minimum absolute atomic E-state index is 0.661. The predicted octanol–water partition coefficient (Wildman–Crippen LogP) is 3.10. The summed E-state index contributed by atoms with van der Waals surface area (Å²) in [6.07, 6.45) is 0. The van der Waals surface area contributed by atoms with Gasteiger partial charge in [0.1, 0.15) is 5.01 Å². The summed E-state index contributed by atoms with van der Waals surface area (Å²) in [7, 11) is 0. The molecule has 2 aromatic rings. The number of thiocarbonyl (C=S) groups is 1. The molecule has 0 saturated carbocycles. The quantitative estimate of drug-likeness (QED) is 0.849. The molecule has 0 aliphatic rings. The zero-order chi connectivity index (χ0) is 13.7. The van der Waals surface area contributed by atoms with Gasteiger partial charge >= 0.3 is 0 Å². The summed E-state index contributed by atoms with van der Waals surface area (Å²) in [5, 5.41) is 10.0. The van der Waals surface area contributed by atoms with Gasteiger partial charge in [0.15, 0.2) is 5.11 Å². The number of aromatic nitrogens is 1. The van der Waals surface area contributed by atoms with E-state index >= 15 is 0 Å². The first-order chi connectivity index (χ1) is 9.20. The molecule has 3 nitrogen and oxygen atoms in total. The summed E-state index contributed by atoms with van der Waals surface area (Å²) < 4.78 is 0. The Hall–Kier alpha value is -1.46. The molecular weight excluding hydrogens is 274 g/mol. The summed E-state index contributed by atoms with van der Waals surface area (Å²) in [6, 6.07) is 8.30. The molecule has 0 saturated heterocycles. The normalized spacial score (nSPS) is 10.2. The Balaban J connectivity index is 2.04. The molecule has 0 amide bonds. The maximum Gasteiger partial charge on any atom is 0.166 e. The molecule has 1 aromatic carbocycles. The number of aryl methyl sites for hydroxylation is 1. The van der Waals surface area contributed by atoms with E-state index in [1.807, 2.05) is 19.1 Å². The van der Waals surface area contributed by atoms with Crippen molar-refractivity contribution in [3.63, 3.8) is 0 Å².